The van der Waals surface area contributed by atoms with E-state index in [4.69, 9.17) is 15.2 Å². The van der Waals surface area contributed by atoms with Crippen molar-refractivity contribution in [2.45, 2.75) is 31.2 Å². The number of carbonyl (C=O) groups is 1. The number of esters is 1. The van der Waals surface area contributed by atoms with E-state index in [0.29, 0.717) is 13.0 Å². The second kappa shape index (κ2) is 8.37. The van der Waals surface area contributed by atoms with E-state index in [1.54, 1.807) is 7.11 Å². The summed E-state index contributed by atoms with van der Waals surface area (Å²) in [4.78, 5) is 11.7. The Morgan fingerprint density at radius 3 is 2.76 bits per heavy atom. The van der Waals surface area contributed by atoms with Crippen LogP contribution in [0.3, 0.4) is 0 Å². The standard InChI is InChI=1S/C16H23NO3.ClH/c1-19-8-7-12(10-15(18)20-2)16-13-6-4-3-5-11(13)9-14(16)17;/h3-6,12,14,16H,7-10,17H2,1-2H3;1H. The Morgan fingerprint density at radius 2 is 2.10 bits per heavy atom. The summed E-state index contributed by atoms with van der Waals surface area (Å²) in [6.45, 7) is 0.632. The van der Waals surface area contributed by atoms with Gasteiger partial charge in [0.05, 0.1) is 7.11 Å². The largest absolute Gasteiger partial charge is 0.469 e. The molecule has 0 amide bonds. The van der Waals surface area contributed by atoms with Gasteiger partial charge in [-0.3, -0.25) is 4.79 Å². The molecule has 0 heterocycles. The highest BCUT2D eigenvalue weighted by atomic mass is 35.5. The number of ether oxygens (including phenoxy) is 2. The summed E-state index contributed by atoms with van der Waals surface area (Å²) in [6, 6.07) is 8.40. The Morgan fingerprint density at radius 1 is 1.38 bits per heavy atom. The van der Waals surface area contributed by atoms with Crippen LogP contribution in [0.2, 0.25) is 0 Å². The zero-order chi connectivity index (χ0) is 14.5. The van der Waals surface area contributed by atoms with Crippen LogP contribution in [0.4, 0.5) is 0 Å². The van der Waals surface area contributed by atoms with E-state index in [0.717, 1.165) is 12.8 Å². The van der Waals surface area contributed by atoms with Gasteiger partial charge in [-0.1, -0.05) is 24.3 Å². The fourth-order valence-corrected chi connectivity index (χ4v) is 3.24. The molecule has 1 aliphatic rings. The molecule has 1 aliphatic carbocycles. The Kier molecular flexibility index (Phi) is 7.15. The van der Waals surface area contributed by atoms with Crippen molar-refractivity contribution in [3.05, 3.63) is 35.4 Å². The van der Waals surface area contributed by atoms with Crippen LogP contribution in [0.1, 0.15) is 29.9 Å². The first kappa shape index (κ1) is 18.0. The third kappa shape index (κ3) is 4.19. The van der Waals surface area contributed by atoms with Crippen molar-refractivity contribution in [2.75, 3.05) is 20.8 Å². The van der Waals surface area contributed by atoms with E-state index in [9.17, 15) is 4.79 Å². The molecule has 0 bridgehead atoms. The Bertz CT molecular complexity index is 467. The Labute approximate surface area is 132 Å². The minimum absolute atomic E-state index is 0. The number of benzene rings is 1. The van der Waals surface area contributed by atoms with Crippen LogP contribution in [0.25, 0.3) is 0 Å². The lowest BCUT2D eigenvalue weighted by Gasteiger charge is -2.27. The Balaban J connectivity index is 0.00000220. The topological polar surface area (TPSA) is 61.5 Å². The van der Waals surface area contributed by atoms with E-state index in [2.05, 4.69) is 12.1 Å². The summed E-state index contributed by atoms with van der Waals surface area (Å²) in [5.74, 6) is 0.198. The molecule has 3 unspecified atom stereocenters. The van der Waals surface area contributed by atoms with Crippen LogP contribution in [0, 0.1) is 5.92 Å². The molecule has 0 saturated carbocycles. The maximum Gasteiger partial charge on any atom is 0.305 e. The van der Waals surface area contributed by atoms with E-state index in [1.807, 2.05) is 12.1 Å². The highest BCUT2D eigenvalue weighted by molar-refractivity contribution is 5.85. The Hall–Kier alpha value is -1.10. The van der Waals surface area contributed by atoms with Crippen molar-refractivity contribution >= 4 is 18.4 Å². The molecule has 0 fully saturated rings. The summed E-state index contributed by atoms with van der Waals surface area (Å²) in [5, 5.41) is 0. The van der Waals surface area contributed by atoms with Crippen molar-refractivity contribution in [1.29, 1.82) is 0 Å². The number of nitrogens with two attached hydrogens (primary N) is 1. The summed E-state index contributed by atoms with van der Waals surface area (Å²) in [6.07, 6.45) is 2.09. The van der Waals surface area contributed by atoms with E-state index in [-0.39, 0.29) is 36.3 Å². The number of hydrogen-bond donors (Lipinski definition) is 1. The molecule has 0 aromatic heterocycles. The predicted octanol–water partition coefficient (Wildman–Crippen LogP) is 2.29. The van der Waals surface area contributed by atoms with Crippen LogP contribution >= 0.6 is 12.4 Å². The molecule has 5 heteroatoms. The van der Waals surface area contributed by atoms with Gasteiger partial charge in [0.25, 0.3) is 0 Å². The molecule has 2 N–H and O–H groups in total. The van der Waals surface area contributed by atoms with Gasteiger partial charge < -0.3 is 15.2 Å². The highest BCUT2D eigenvalue weighted by Gasteiger charge is 2.36. The summed E-state index contributed by atoms with van der Waals surface area (Å²) < 4.78 is 10.0. The van der Waals surface area contributed by atoms with Crippen LogP contribution in [0.5, 0.6) is 0 Å². The smallest absolute Gasteiger partial charge is 0.305 e. The zero-order valence-electron chi connectivity index (χ0n) is 12.6. The number of rotatable bonds is 6. The summed E-state index contributed by atoms with van der Waals surface area (Å²) >= 11 is 0. The lowest BCUT2D eigenvalue weighted by Crippen LogP contribution is -2.32. The first-order valence-corrected chi connectivity index (χ1v) is 7.06. The van der Waals surface area contributed by atoms with Crippen molar-refractivity contribution < 1.29 is 14.3 Å². The van der Waals surface area contributed by atoms with Crippen molar-refractivity contribution in [2.24, 2.45) is 11.7 Å². The first-order valence-electron chi connectivity index (χ1n) is 7.06. The van der Waals surface area contributed by atoms with Crippen LogP contribution < -0.4 is 5.73 Å². The van der Waals surface area contributed by atoms with E-state index >= 15 is 0 Å². The van der Waals surface area contributed by atoms with Gasteiger partial charge in [-0.25, -0.2) is 0 Å². The molecule has 0 saturated heterocycles. The first-order chi connectivity index (χ1) is 9.67. The van der Waals surface area contributed by atoms with Crippen LogP contribution in [-0.4, -0.2) is 32.8 Å². The zero-order valence-corrected chi connectivity index (χ0v) is 13.4. The van der Waals surface area contributed by atoms with Gasteiger partial charge in [-0.05, 0) is 29.9 Å². The molecule has 0 radical (unpaired) electrons. The van der Waals surface area contributed by atoms with Gasteiger partial charge in [-0.15, -0.1) is 12.4 Å². The molecule has 118 valence electrons. The molecule has 0 aliphatic heterocycles. The molecule has 1 aromatic carbocycles. The third-order valence-electron chi connectivity index (χ3n) is 4.19. The monoisotopic (exact) mass is 313 g/mol. The highest BCUT2D eigenvalue weighted by Crippen LogP contribution is 2.40. The molecule has 21 heavy (non-hydrogen) atoms. The van der Waals surface area contributed by atoms with Crippen LogP contribution in [0.15, 0.2) is 24.3 Å². The fourth-order valence-electron chi connectivity index (χ4n) is 3.24. The number of carbonyl (C=O) groups excluding carboxylic acids is 1. The lowest BCUT2D eigenvalue weighted by atomic mass is 9.81. The summed E-state index contributed by atoms with van der Waals surface area (Å²) in [5.41, 5.74) is 8.91. The molecule has 1 aromatic rings. The van der Waals surface area contributed by atoms with Gasteiger partial charge >= 0.3 is 5.97 Å². The maximum atomic E-state index is 11.7. The van der Waals surface area contributed by atoms with E-state index < -0.39 is 0 Å². The molecule has 4 nitrogen and oxygen atoms in total. The van der Waals surface area contributed by atoms with Gasteiger partial charge in [0.1, 0.15) is 0 Å². The predicted molar refractivity (Wildman–Crippen MR) is 84.7 cm³/mol. The molecular formula is C16H24ClNO3. The SMILES string of the molecule is COCCC(CC(=O)OC)C1c2ccccc2CC1N.Cl. The number of methoxy groups -OCH3 is 2. The molecule has 2 rings (SSSR count). The van der Waals surface area contributed by atoms with Crippen molar-refractivity contribution in [3.8, 4) is 0 Å². The van der Waals surface area contributed by atoms with Gasteiger partial charge in [0.2, 0.25) is 0 Å². The number of hydrogen-bond acceptors (Lipinski definition) is 4. The van der Waals surface area contributed by atoms with Crippen molar-refractivity contribution in [3.63, 3.8) is 0 Å². The lowest BCUT2D eigenvalue weighted by molar-refractivity contribution is -0.142. The maximum absolute atomic E-state index is 11.7. The molecule has 3 atom stereocenters. The number of halogens is 1. The third-order valence-corrected chi connectivity index (χ3v) is 4.19. The van der Waals surface area contributed by atoms with E-state index in [1.165, 1.54) is 18.2 Å². The molecule has 0 spiro atoms. The molecular weight excluding hydrogens is 290 g/mol. The fraction of sp³-hybridized carbons (Fsp3) is 0.562. The minimum Gasteiger partial charge on any atom is -0.469 e. The van der Waals surface area contributed by atoms with Crippen molar-refractivity contribution in [1.82, 2.24) is 0 Å². The summed E-state index contributed by atoms with van der Waals surface area (Å²) in [7, 11) is 3.11. The number of fused-ring (bicyclic) bond motifs is 1. The normalized spacial score (nSPS) is 21.3. The average Bonchev–Trinajstić information content (AvgIpc) is 2.79. The van der Waals surface area contributed by atoms with Crippen LogP contribution in [-0.2, 0) is 20.7 Å². The quantitative estimate of drug-likeness (QED) is 0.819. The second-order valence-electron chi connectivity index (χ2n) is 5.41. The average molecular weight is 314 g/mol. The van der Waals surface area contributed by atoms with Gasteiger partial charge in [-0.2, -0.15) is 0 Å². The minimum atomic E-state index is -0.178. The van der Waals surface area contributed by atoms with Gasteiger partial charge in [0.15, 0.2) is 0 Å². The van der Waals surface area contributed by atoms with Gasteiger partial charge in [0, 0.05) is 32.1 Å². The second-order valence-corrected chi connectivity index (χ2v) is 5.41.